The van der Waals surface area contributed by atoms with Gasteiger partial charge in [-0.15, -0.1) is 0 Å². The fourth-order valence-corrected chi connectivity index (χ4v) is 1.68. The molecule has 1 unspecified atom stereocenters. The van der Waals surface area contributed by atoms with Crippen LogP contribution >= 0.6 is 15.9 Å². The lowest BCUT2D eigenvalue weighted by molar-refractivity contribution is 0.599. The third-order valence-corrected chi connectivity index (χ3v) is 3.38. The highest BCUT2D eigenvalue weighted by Gasteiger charge is 2.00. The summed E-state index contributed by atoms with van der Waals surface area (Å²) < 4.78 is 0. The minimum Gasteiger partial charge on any atom is -0.0925 e. The smallest absolute Gasteiger partial charge is 0.00571 e. The van der Waals surface area contributed by atoms with E-state index in [1.165, 1.54) is 24.0 Å². The van der Waals surface area contributed by atoms with Crippen LogP contribution in [0.4, 0.5) is 0 Å². The predicted molar refractivity (Wildman–Crippen MR) is 62.5 cm³/mol. The average Bonchev–Trinajstić information content (AvgIpc) is 2.14. The number of aryl methyl sites for hydroxylation is 2. The van der Waals surface area contributed by atoms with E-state index in [-0.39, 0.29) is 0 Å². The quantitative estimate of drug-likeness (QED) is 0.700. The monoisotopic (exact) mass is 240 g/mol. The van der Waals surface area contributed by atoms with E-state index in [0.29, 0.717) is 0 Å². The van der Waals surface area contributed by atoms with Crippen molar-refractivity contribution in [3.8, 4) is 0 Å². The summed E-state index contributed by atoms with van der Waals surface area (Å²) >= 11 is 3.50. The number of halogens is 1. The maximum absolute atomic E-state index is 3.50. The summed E-state index contributed by atoms with van der Waals surface area (Å²) in [6.07, 6.45) is 2.48. The molecule has 0 N–H and O–H groups in total. The minimum atomic E-state index is 0.778. The molecule has 0 nitrogen and oxygen atoms in total. The van der Waals surface area contributed by atoms with Crippen molar-refractivity contribution >= 4 is 15.9 Å². The van der Waals surface area contributed by atoms with Crippen LogP contribution in [0.15, 0.2) is 24.3 Å². The van der Waals surface area contributed by atoms with Gasteiger partial charge in [0.25, 0.3) is 0 Å². The molecule has 1 aromatic carbocycles. The van der Waals surface area contributed by atoms with Gasteiger partial charge in [0.05, 0.1) is 0 Å². The lowest BCUT2D eigenvalue weighted by atomic mass is 10.0. The van der Waals surface area contributed by atoms with Gasteiger partial charge in [0.15, 0.2) is 0 Å². The van der Waals surface area contributed by atoms with Crippen LogP contribution in [0.2, 0.25) is 0 Å². The van der Waals surface area contributed by atoms with Crippen molar-refractivity contribution in [1.29, 1.82) is 0 Å². The first-order valence-corrected chi connectivity index (χ1v) is 5.96. The van der Waals surface area contributed by atoms with Gasteiger partial charge in [-0.1, -0.05) is 52.7 Å². The van der Waals surface area contributed by atoms with Crippen LogP contribution in [0.25, 0.3) is 0 Å². The van der Waals surface area contributed by atoms with Gasteiger partial charge in [-0.3, -0.25) is 0 Å². The SMILES string of the molecule is Cc1cccc(CCC(C)CBr)c1. The lowest BCUT2D eigenvalue weighted by Crippen LogP contribution is -1.98. The third-order valence-electron chi connectivity index (χ3n) is 2.27. The van der Waals surface area contributed by atoms with Gasteiger partial charge in [-0.25, -0.2) is 0 Å². The molecule has 0 heterocycles. The Morgan fingerprint density at radius 3 is 2.77 bits per heavy atom. The van der Waals surface area contributed by atoms with Crippen LogP contribution in [0, 0.1) is 12.8 Å². The molecule has 0 radical (unpaired) electrons. The lowest BCUT2D eigenvalue weighted by Gasteiger charge is -2.07. The molecule has 0 saturated heterocycles. The Bertz CT molecular complexity index is 255. The Kier molecular flexibility index (Phi) is 4.51. The van der Waals surface area contributed by atoms with Gasteiger partial charge < -0.3 is 0 Å². The van der Waals surface area contributed by atoms with Gasteiger partial charge in [-0.2, -0.15) is 0 Å². The summed E-state index contributed by atoms with van der Waals surface area (Å²) in [7, 11) is 0. The zero-order valence-electron chi connectivity index (χ0n) is 8.39. The Labute approximate surface area is 89.5 Å². The summed E-state index contributed by atoms with van der Waals surface area (Å²) in [4.78, 5) is 0. The molecule has 0 bridgehead atoms. The molecule has 0 saturated carbocycles. The second kappa shape index (κ2) is 5.43. The highest BCUT2D eigenvalue weighted by Crippen LogP contribution is 2.12. The molecule has 1 rings (SSSR count). The molecule has 0 spiro atoms. The summed E-state index contributed by atoms with van der Waals surface area (Å²) in [5.74, 6) is 0.778. The molecule has 1 atom stereocenters. The van der Waals surface area contributed by atoms with E-state index in [1.54, 1.807) is 0 Å². The van der Waals surface area contributed by atoms with Gasteiger partial charge in [-0.05, 0) is 31.2 Å². The van der Waals surface area contributed by atoms with Crippen LogP contribution in [-0.2, 0) is 6.42 Å². The van der Waals surface area contributed by atoms with Crippen LogP contribution in [0.5, 0.6) is 0 Å². The van der Waals surface area contributed by atoms with Crippen molar-refractivity contribution in [3.63, 3.8) is 0 Å². The molecule has 0 amide bonds. The van der Waals surface area contributed by atoms with E-state index in [4.69, 9.17) is 0 Å². The van der Waals surface area contributed by atoms with E-state index >= 15 is 0 Å². The van der Waals surface area contributed by atoms with Gasteiger partial charge in [0.1, 0.15) is 0 Å². The Balaban J connectivity index is 2.45. The van der Waals surface area contributed by atoms with E-state index in [9.17, 15) is 0 Å². The number of rotatable bonds is 4. The van der Waals surface area contributed by atoms with Crippen molar-refractivity contribution in [2.24, 2.45) is 5.92 Å². The average molecular weight is 241 g/mol. The highest BCUT2D eigenvalue weighted by atomic mass is 79.9. The maximum Gasteiger partial charge on any atom is 0.00571 e. The Morgan fingerprint density at radius 1 is 1.38 bits per heavy atom. The summed E-state index contributed by atoms with van der Waals surface area (Å²) in [5.41, 5.74) is 2.83. The van der Waals surface area contributed by atoms with Crippen molar-refractivity contribution in [3.05, 3.63) is 35.4 Å². The van der Waals surface area contributed by atoms with Crippen LogP contribution in [0.1, 0.15) is 24.5 Å². The number of alkyl halides is 1. The molecule has 0 fully saturated rings. The molecule has 0 aromatic heterocycles. The maximum atomic E-state index is 3.50. The van der Waals surface area contributed by atoms with Gasteiger partial charge in [0, 0.05) is 5.33 Å². The zero-order chi connectivity index (χ0) is 9.68. The first-order valence-electron chi connectivity index (χ1n) is 4.84. The number of hydrogen-bond donors (Lipinski definition) is 0. The zero-order valence-corrected chi connectivity index (χ0v) is 9.97. The molecule has 0 aliphatic rings. The van der Waals surface area contributed by atoms with E-state index < -0.39 is 0 Å². The molecule has 72 valence electrons. The first-order chi connectivity index (χ1) is 6.22. The van der Waals surface area contributed by atoms with Crippen molar-refractivity contribution in [2.45, 2.75) is 26.7 Å². The van der Waals surface area contributed by atoms with E-state index in [1.807, 2.05) is 0 Å². The van der Waals surface area contributed by atoms with Gasteiger partial charge >= 0.3 is 0 Å². The third kappa shape index (κ3) is 3.95. The van der Waals surface area contributed by atoms with Crippen molar-refractivity contribution in [2.75, 3.05) is 5.33 Å². The normalized spacial score (nSPS) is 12.8. The summed E-state index contributed by atoms with van der Waals surface area (Å²) in [5, 5.41) is 1.11. The minimum absolute atomic E-state index is 0.778. The van der Waals surface area contributed by atoms with Crippen LogP contribution in [-0.4, -0.2) is 5.33 Å². The fourth-order valence-electron chi connectivity index (χ4n) is 1.36. The second-order valence-electron chi connectivity index (χ2n) is 3.79. The van der Waals surface area contributed by atoms with E-state index in [2.05, 4.69) is 54.0 Å². The summed E-state index contributed by atoms with van der Waals surface area (Å²) in [6.45, 7) is 4.43. The van der Waals surface area contributed by atoms with Crippen LogP contribution in [0.3, 0.4) is 0 Å². The molecular weight excluding hydrogens is 224 g/mol. The standard InChI is InChI=1S/C12H17Br/c1-10-4-3-5-12(8-10)7-6-11(2)9-13/h3-5,8,11H,6-7,9H2,1-2H3. The first kappa shape index (κ1) is 10.8. The summed E-state index contributed by atoms with van der Waals surface area (Å²) in [6, 6.07) is 8.79. The molecular formula is C12H17Br. The molecule has 0 aliphatic carbocycles. The van der Waals surface area contributed by atoms with Crippen LogP contribution < -0.4 is 0 Å². The van der Waals surface area contributed by atoms with E-state index in [0.717, 1.165) is 11.2 Å². The Hall–Kier alpha value is -0.300. The number of benzene rings is 1. The highest BCUT2D eigenvalue weighted by molar-refractivity contribution is 9.09. The molecule has 0 aliphatic heterocycles. The topological polar surface area (TPSA) is 0 Å². The largest absolute Gasteiger partial charge is 0.0925 e. The second-order valence-corrected chi connectivity index (χ2v) is 4.43. The van der Waals surface area contributed by atoms with Crippen molar-refractivity contribution in [1.82, 2.24) is 0 Å². The molecule has 1 aromatic rings. The molecule has 1 heteroatoms. The van der Waals surface area contributed by atoms with Gasteiger partial charge in [0.2, 0.25) is 0 Å². The predicted octanol–water partition coefficient (Wildman–Crippen LogP) is 3.96. The fraction of sp³-hybridized carbons (Fsp3) is 0.500. The molecule has 13 heavy (non-hydrogen) atoms. The van der Waals surface area contributed by atoms with Crippen molar-refractivity contribution < 1.29 is 0 Å². The number of hydrogen-bond acceptors (Lipinski definition) is 0. The Morgan fingerprint density at radius 2 is 2.15 bits per heavy atom.